The molecule has 5 rings (SSSR count). The highest BCUT2D eigenvalue weighted by molar-refractivity contribution is 5.92. The summed E-state index contributed by atoms with van der Waals surface area (Å²) in [5.41, 5.74) is 8.19. The molecule has 3 aromatic rings. The summed E-state index contributed by atoms with van der Waals surface area (Å²) in [7, 11) is 0. The second kappa shape index (κ2) is 7.71. The Hall–Kier alpha value is -3.13. The maximum atomic E-state index is 4.73. The van der Waals surface area contributed by atoms with Gasteiger partial charge in [0.1, 0.15) is 5.82 Å². The van der Waals surface area contributed by atoms with Crippen LogP contribution in [0, 0.1) is 5.92 Å². The Morgan fingerprint density at radius 3 is 2.48 bits per heavy atom. The Morgan fingerprint density at radius 2 is 1.69 bits per heavy atom. The molecule has 1 atom stereocenters. The average molecular weight is 379 g/mol. The van der Waals surface area contributed by atoms with E-state index in [9.17, 15) is 0 Å². The van der Waals surface area contributed by atoms with Crippen LogP contribution in [0.25, 0.3) is 11.6 Å². The van der Waals surface area contributed by atoms with Gasteiger partial charge in [0, 0.05) is 18.4 Å². The van der Waals surface area contributed by atoms with Crippen LogP contribution >= 0.6 is 0 Å². The monoisotopic (exact) mass is 378 g/mol. The van der Waals surface area contributed by atoms with Crippen LogP contribution in [0.2, 0.25) is 0 Å². The first kappa shape index (κ1) is 17.9. The van der Waals surface area contributed by atoms with Gasteiger partial charge in [-0.15, -0.1) is 0 Å². The molecular weight excluding hydrogens is 352 g/mol. The highest BCUT2D eigenvalue weighted by Crippen LogP contribution is 2.44. The summed E-state index contributed by atoms with van der Waals surface area (Å²) in [5.74, 6) is 1.80. The van der Waals surface area contributed by atoms with Crippen molar-refractivity contribution in [3.05, 3.63) is 107 Å². The second-order valence-electron chi connectivity index (χ2n) is 8.16. The van der Waals surface area contributed by atoms with Gasteiger partial charge < -0.3 is 4.90 Å². The van der Waals surface area contributed by atoms with Crippen LogP contribution in [0.3, 0.4) is 0 Å². The van der Waals surface area contributed by atoms with E-state index in [1.54, 1.807) is 0 Å². The highest BCUT2D eigenvalue weighted by atomic mass is 15.2. The minimum atomic E-state index is 0.649. The van der Waals surface area contributed by atoms with Crippen molar-refractivity contribution in [3.63, 3.8) is 0 Å². The number of benzene rings is 2. The van der Waals surface area contributed by atoms with Crippen molar-refractivity contribution in [2.75, 3.05) is 11.4 Å². The lowest BCUT2D eigenvalue weighted by atomic mass is 9.93. The summed E-state index contributed by atoms with van der Waals surface area (Å²) >= 11 is 0. The van der Waals surface area contributed by atoms with Gasteiger partial charge in [-0.1, -0.05) is 73.7 Å². The molecule has 1 unspecified atom stereocenters. The van der Waals surface area contributed by atoms with E-state index in [0.29, 0.717) is 5.92 Å². The lowest BCUT2D eigenvalue weighted by molar-refractivity contribution is 0.616. The standard InChI is InChI=1S/C27H26N2/c1-20-17-25(26(18-20)29-16-14-23-13-8-15-28-27(23)29)24(22-11-6-3-7-12-22)19-21-9-4-2-5-10-21/h2-13,15,19-20H,14,16-18H2,1H3/b24-19+. The third kappa shape index (κ3) is 3.51. The minimum Gasteiger partial charge on any atom is -0.329 e. The van der Waals surface area contributed by atoms with Crippen LogP contribution in [0.15, 0.2) is 90.3 Å². The molecule has 0 fully saturated rings. The molecule has 1 aromatic heterocycles. The second-order valence-corrected chi connectivity index (χ2v) is 8.16. The number of hydrogen-bond acceptors (Lipinski definition) is 2. The molecule has 2 heterocycles. The minimum absolute atomic E-state index is 0.649. The molecular formula is C27H26N2. The van der Waals surface area contributed by atoms with Crippen molar-refractivity contribution in [1.82, 2.24) is 4.98 Å². The van der Waals surface area contributed by atoms with Gasteiger partial charge in [-0.25, -0.2) is 4.98 Å². The fourth-order valence-electron chi connectivity index (χ4n) is 4.68. The number of nitrogens with zero attached hydrogens (tertiary/aromatic N) is 2. The molecule has 0 radical (unpaired) electrons. The molecule has 1 aliphatic heterocycles. The third-order valence-electron chi connectivity index (χ3n) is 6.02. The maximum Gasteiger partial charge on any atom is 0.135 e. The molecule has 0 saturated carbocycles. The van der Waals surface area contributed by atoms with Crippen LogP contribution in [0.4, 0.5) is 5.82 Å². The quantitative estimate of drug-likeness (QED) is 0.490. The molecule has 2 aromatic carbocycles. The highest BCUT2D eigenvalue weighted by Gasteiger charge is 2.32. The maximum absolute atomic E-state index is 4.73. The lowest BCUT2D eigenvalue weighted by Crippen LogP contribution is -2.21. The molecule has 0 bridgehead atoms. The van der Waals surface area contributed by atoms with Crippen LogP contribution in [0.1, 0.15) is 36.5 Å². The predicted octanol–water partition coefficient (Wildman–Crippen LogP) is 6.37. The first-order valence-electron chi connectivity index (χ1n) is 10.6. The fourth-order valence-corrected chi connectivity index (χ4v) is 4.68. The van der Waals surface area contributed by atoms with E-state index in [1.165, 1.54) is 33.5 Å². The Bertz CT molecular complexity index is 1060. The van der Waals surface area contributed by atoms with E-state index >= 15 is 0 Å². The van der Waals surface area contributed by atoms with Gasteiger partial charge in [0.25, 0.3) is 0 Å². The van der Waals surface area contributed by atoms with E-state index < -0.39 is 0 Å². The molecule has 0 N–H and O–H groups in total. The smallest absolute Gasteiger partial charge is 0.135 e. The number of fused-ring (bicyclic) bond motifs is 1. The summed E-state index contributed by atoms with van der Waals surface area (Å²) in [5, 5.41) is 0. The van der Waals surface area contributed by atoms with E-state index in [2.05, 4.69) is 90.7 Å². The van der Waals surface area contributed by atoms with Crippen molar-refractivity contribution < 1.29 is 0 Å². The number of aromatic nitrogens is 1. The molecule has 0 amide bonds. The van der Waals surface area contributed by atoms with Gasteiger partial charge in [0.05, 0.1) is 0 Å². The topological polar surface area (TPSA) is 16.1 Å². The van der Waals surface area contributed by atoms with Crippen molar-refractivity contribution in [1.29, 1.82) is 0 Å². The molecule has 0 spiro atoms. The average Bonchev–Trinajstić information content (AvgIpc) is 3.36. The Labute approximate surface area is 173 Å². The summed E-state index contributed by atoms with van der Waals surface area (Å²) in [6.07, 6.45) is 7.59. The first-order valence-corrected chi connectivity index (χ1v) is 10.6. The predicted molar refractivity (Wildman–Crippen MR) is 121 cm³/mol. The number of rotatable bonds is 4. The molecule has 0 saturated heterocycles. The summed E-state index contributed by atoms with van der Waals surface area (Å²) in [6, 6.07) is 25.8. The summed E-state index contributed by atoms with van der Waals surface area (Å²) < 4.78 is 0. The van der Waals surface area contributed by atoms with Gasteiger partial charge in [-0.3, -0.25) is 0 Å². The first-order chi connectivity index (χ1) is 14.3. The fraction of sp³-hybridized carbons (Fsp3) is 0.222. The zero-order chi connectivity index (χ0) is 19.6. The number of pyridine rings is 1. The van der Waals surface area contributed by atoms with E-state index in [0.717, 1.165) is 31.6 Å². The SMILES string of the molecule is CC1CC(/C(=C/c2ccccc2)c2ccccc2)=C(N2CCc3cccnc32)C1. The van der Waals surface area contributed by atoms with Gasteiger partial charge >= 0.3 is 0 Å². The van der Waals surface area contributed by atoms with Crippen LogP contribution < -0.4 is 4.90 Å². The Balaban J connectivity index is 1.66. The number of anilines is 1. The lowest BCUT2D eigenvalue weighted by Gasteiger charge is -2.23. The van der Waals surface area contributed by atoms with Gasteiger partial charge in [0.2, 0.25) is 0 Å². The van der Waals surface area contributed by atoms with Crippen molar-refractivity contribution in [2.45, 2.75) is 26.2 Å². The normalized spacial score (nSPS) is 19.0. The van der Waals surface area contributed by atoms with Crippen LogP contribution in [0.5, 0.6) is 0 Å². The molecule has 2 aliphatic rings. The zero-order valence-corrected chi connectivity index (χ0v) is 16.9. The molecule has 2 nitrogen and oxygen atoms in total. The zero-order valence-electron chi connectivity index (χ0n) is 16.9. The van der Waals surface area contributed by atoms with Crippen molar-refractivity contribution in [3.8, 4) is 0 Å². The molecule has 29 heavy (non-hydrogen) atoms. The van der Waals surface area contributed by atoms with E-state index in [-0.39, 0.29) is 0 Å². The van der Waals surface area contributed by atoms with Gasteiger partial charge in [0.15, 0.2) is 0 Å². The summed E-state index contributed by atoms with van der Waals surface area (Å²) in [4.78, 5) is 7.22. The molecule has 2 heteroatoms. The largest absolute Gasteiger partial charge is 0.329 e. The molecule has 144 valence electrons. The Morgan fingerprint density at radius 1 is 0.931 bits per heavy atom. The van der Waals surface area contributed by atoms with E-state index in [1.807, 2.05) is 6.20 Å². The van der Waals surface area contributed by atoms with Crippen LogP contribution in [-0.2, 0) is 6.42 Å². The molecule has 1 aliphatic carbocycles. The van der Waals surface area contributed by atoms with Crippen molar-refractivity contribution >= 4 is 17.5 Å². The summed E-state index contributed by atoms with van der Waals surface area (Å²) in [6.45, 7) is 3.40. The third-order valence-corrected chi connectivity index (χ3v) is 6.02. The Kier molecular flexibility index (Phi) is 4.77. The number of hydrogen-bond donors (Lipinski definition) is 0. The van der Waals surface area contributed by atoms with E-state index in [4.69, 9.17) is 4.98 Å². The van der Waals surface area contributed by atoms with Gasteiger partial charge in [-0.05, 0) is 65.2 Å². The van der Waals surface area contributed by atoms with Crippen LogP contribution in [-0.4, -0.2) is 11.5 Å². The number of allylic oxidation sites excluding steroid dienone is 3. The van der Waals surface area contributed by atoms with Gasteiger partial charge in [-0.2, -0.15) is 0 Å². The van der Waals surface area contributed by atoms with Crippen molar-refractivity contribution in [2.24, 2.45) is 5.92 Å².